The number of alkyl halides is 3. The third kappa shape index (κ3) is 4.19. The van der Waals surface area contributed by atoms with Crippen LogP contribution in [0.25, 0.3) is 17.4 Å². The van der Waals surface area contributed by atoms with Crippen LogP contribution in [0.3, 0.4) is 0 Å². The van der Waals surface area contributed by atoms with Crippen molar-refractivity contribution in [3.05, 3.63) is 75.7 Å². The minimum Gasteiger partial charge on any atom is -0.467 e. The number of hydrogen-bond acceptors (Lipinski definition) is 5. The molecule has 0 unspecified atom stereocenters. The zero-order chi connectivity index (χ0) is 21.5. The van der Waals surface area contributed by atoms with E-state index in [0.717, 1.165) is 17.8 Å². The maximum Gasteiger partial charge on any atom is 0.417 e. The summed E-state index contributed by atoms with van der Waals surface area (Å²) in [6.07, 6.45) is -1.57. The minimum atomic E-state index is -4.58. The second-order valence-electron chi connectivity index (χ2n) is 6.24. The molecular formula is C20H11ClF3NO3S2. The topological polar surface area (TPSA) is 46.6 Å². The summed E-state index contributed by atoms with van der Waals surface area (Å²) < 4.78 is 50.5. The number of carbonyl (C=O) groups excluding carboxylic acids is 1. The van der Waals surface area contributed by atoms with Crippen molar-refractivity contribution in [3.63, 3.8) is 0 Å². The molecule has 2 aromatic heterocycles. The van der Waals surface area contributed by atoms with Gasteiger partial charge in [0.2, 0.25) is 0 Å². The first-order valence-electron chi connectivity index (χ1n) is 8.47. The molecule has 10 heteroatoms. The van der Waals surface area contributed by atoms with Crippen LogP contribution in [0.4, 0.5) is 13.2 Å². The fourth-order valence-electron chi connectivity index (χ4n) is 2.81. The fourth-order valence-corrected chi connectivity index (χ4v) is 4.27. The summed E-state index contributed by atoms with van der Waals surface area (Å²) in [5.41, 5.74) is -0.727. The normalized spacial score (nSPS) is 16.1. The Bertz CT molecular complexity index is 1150. The minimum absolute atomic E-state index is 0.212. The van der Waals surface area contributed by atoms with Gasteiger partial charge in [0.25, 0.3) is 5.91 Å². The van der Waals surface area contributed by atoms with Gasteiger partial charge in [0.05, 0.1) is 28.3 Å². The molecule has 0 bridgehead atoms. The third-order valence-electron chi connectivity index (χ3n) is 4.22. The predicted octanol–water partition coefficient (Wildman–Crippen LogP) is 6.61. The summed E-state index contributed by atoms with van der Waals surface area (Å²) in [4.78, 5) is 14.4. The van der Waals surface area contributed by atoms with Crippen LogP contribution < -0.4 is 0 Å². The molecular weight excluding hydrogens is 459 g/mol. The van der Waals surface area contributed by atoms with E-state index in [1.54, 1.807) is 18.2 Å². The highest BCUT2D eigenvalue weighted by Gasteiger charge is 2.34. The van der Waals surface area contributed by atoms with Gasteiger partial charge in [-0.3, -0.25) is 9.69 Å². The summed E-state index contributed by atoms with van der Waals surface area (Å²) in [5, 5.41) is -0.390. The maximum absolute atomic E-state index is 13.1. The van der Waals surface area contributed by atoms with Gasteiger partial charge in [0, 0.05) is 11.6 Å². The number of thioether (sulfide) groups is 1. The molecule has 0 N–H and O–H groups in total. The van der Waals surface area contributed by atoms with Crippen molar-refractivity contribution >= 4 is 51.9 Å². The van der Waals surface area contributed by atoms with E-state index in [1.807, 2.05) is 0 Å². The fraction of sp³-hybridized carbons (Fsp3) is 0.100. The van der Waals surface area contributed by atoms with Crippen molar-refractivity contribution in [1.82, 2.24) is 4.90 Å². The monoisotopic (exact) mass is 469 g/mol. The largest absolute Gasteiger partial charge is 0.467 e. The van der Waals surface area contributed by atoms with Crippen LogP contribution in [0.5, 0.6) is 0 Å². The lowest BCUT2D eigenvalue weighted by molar-refractivity contribution is -0.137. The molecule has 0 spiro atoms. The lowest BCUT2D eigenvalue weighted by Crippen LogP contribution is -2.27. The van der Waals surface area contributed by atoms with Crippen molar-refractivity contribution in [3.8, 4) is 11.3 Å². The number of furan rings is 2. The van der Waals surface area contributed by atoms with Gasteiger partial charge in [-0.15, -0.1) is 0 Å². The highest BCUT2D eigenvalue weighted by atomic mass is 35.5. The maximum atomic E-state index is 13.1. The molecule has 0 radical (unpaired) electrons. The lowest BCUT2D eigenvalue weighted by atomic mass is 10.1. The third-order valence-corrected chi connectivity index (χ3v) is 5.93. The average Bonchev–Trinajstić information content (AvgIpc) is 3.40. The van der Waals surface area contributed by atoms with Gasteiger partial charge in [0.1, 0.15) is 21.6 Å². The van der Waals surface area contributed by atoms with E-state index in [9.17, 15) is 18.0 Å². The zero-order valence-electron chi connectivity index (χ0n) is 14.9. The molecule has 3 heterocycles. The van der Waals surface area contributed by atoms with Gasteiger partial charge < -0.3 is 8.83 Å². The number of benzene rings is 1. The molecule has 3 aromatic rings. The van der Waals surface area contributed by atoms with E-state index < -0.39 is 16.8 Å². The standard InChI is InChI=1S/C20H11ClF3NO3S2/c21-15-5-3-11(8-14(15)20(22,23)24)16-6-4-12(28-16)9-17-18(26)25(19(29)30-17)10-13-2-1-7-27-13/h1-9H,10H2/b17-9-. The van der Waals surface area contributed by atoms with Gasteiger partial charge in [-0.25, -0.2) is 0 Å². The van der Waals surface area contributed by atoms with Crippen LogP contribution in [-0.2, 0) is 17.5 Å². The molecule has 1 amide bonds. The number of amides is 1. The first-order valence-corrected chi connectivity index (χ1v) is 10.1. The predicted molar refractivity (Wildman–Crippen MR) is 112 cm³/mol. The molecule has 0 aliphatic carbocycles. The molecule has 0 atom stereocenters. The zero-order valence-corrected chi connectivity index (χ0v) is 17.3. The highest BCUT2D eigenvalue weighted by molar-refractivity contribution is 8.26. The van der Waals surface area contributed by atoms with Gasteiger partial charge in [-0.1, -0.05) is 35.6 Å². The Labute approximate surface area is 183 Å². The summed E-state index contributed by atoms with van der Waals surface area (Å²) in [7, 11) is 0. The quantitative estimate of drug-likeness (QED) is 0.317. The molecule has 30 heavy (non-hydrogen) atoms. The molecule has 0 saturated carbocycles. The number of rotatable bonds is 4. The summed E-state index contributed by atoms with van der Waals surface area (Å²) in [6, 6.07) is 10.1. The van der Waals surface area contributed by atoms with E-state index in [-0.39, 0.29) is 23.8 Å². The van der Waals surface area contributed by atoms with E-state index in [2.05, 4.69) is 0 Å². The van der Waals surface area contributed by atoms with Crippen LogP contribution in [0.15, 0.2) is 62.5 Å². The van der Waals surface area contributed by atoms with Crippen molar-refractivity contribution in [2.45, 2.75) is 12.7 Å². The van der Waals surface area contributed by atoms with Crippen LogP contribution in [0.2, 0.25) is 5.02 Å². The van der Waals surface area contributed by atoms with Crippen LogP contribution in [-0.4, -0.2) is 15.1 Å². The average molecular weight is 470 g/mol. The molecule has 4 rings (SSSR count). The number of hydrogen-bond donors (Lipinski definition) is 0. The number of nitrogens with zero attached hydrogens (tertiary/aromatic N) is 1. The van der Waals surface area contributed by atoms with Crippen molar-refractivity contribution in [2.24, 2.45) is 0 Å². The molecule has 1 fully saturated rings. The van der Waals surface area contributed by atoms with E-state index in [4.69, 9.17) is 32.7 Å². The summed E-state index contributed by atoms with van der Waals surface area (Å²) >= 11 is 12.0. The highest BCUT2D eigenvalue weighted by Crippen LogP contribution is 2.38. The number of carbonyl (C=O) groups is 1. The van der Waals surface area contributed by atoms with Gasteiger partial charge in [-0.05, 0) is 42.5 Å². The van der Waals surface area contributed by atoms with E-state index in [1.165, 1.54) is 35.4 Å². The Morgan fingerprint density at radius 1 is 1.20 bits per heavy atom. The van der Waals surface area contributed by atoms with E-state index in [0.29, 0.717) is 20.7 Å². The molecule has 1 saturated heterocycles. The van der Waals surface area contributed by atoms with Crippen LogP contribution in [0.1, 0.15) is 17.1 Å². The first kappa shape index (κ1) is 20.8. The number of thiocarbonyl (C=S) groups is 1. The second-order valence-corrected chi connectivity index (χ2v) is 8.32. The van der Waals surface area contributed by atoms with Crippen molar-refractivity contribution < 1.29 is 26.8 Å². The molecule has 154 valence electrons. The molecule has 1 aliphatic rings. The van der Waals surface area contributed by atoms with Gasteiger partial charge in [0.15, 0.2) is 0 Å². The molecule has 1 aromatic carbocycles. The first-order chi connectivity index (χ1) is 14.2. The molecule has 1 aliphatic heterocycles. The smallest absolute Gasteiger partial charge is 0.417 e. The van der Waals surface area contributed by atoms with Crippen LogP contribution in [0, 0.1) is 0 Å². The Morgan fingerprint density at radius 3 is 2.70 bits per heavy atom. The Balaban J connectivity index is 1.57. The number of halogens is 4. The van der Waals surface area contributed by atoms with Gasteiger partial charge in [-0.2, -0.15) is 13.2 Å². The summed E-state index contributed by atoms with van der Waals surface area (Å²) in [6.45, 7) is 0.212. The Hall–Kier alpha value is -2.49. The van der Waals surface area contributed by atoms with E-state index >= 15 is 0 Å². The second kappa shape index (κ2) is 7.98. The van der Waals surface area contributed by atoms with Gasteiger partial charge >= 0.3 is 6.18 Å². The molecule has 4 nitrogen and oxygen atoms in total. The Morgan fingerprint density at radius 2 is 2.00 bits per heavy atom. The lowest BCUT2D eigenvalue weighted by Gasteiger charge is -2.11. The van der Waals surface area contributed by atoms with Crippen LogP contribution >= 0.6 is 35.6 Å². The SMILES string of the molecule is O=C1/C(=C/c2ccc(-c3ccc(Cl)c(C(F)(F)F)c3)o2)SC(=S)N1Cc1ccco1. The summed E-state index contributed by atoms with van der Waals surface area (Å²) in [5.74, 6) is 0.822. The van der Waals surface area contributed by atoms with Crippen molar-refractivity contribution in [2.75, 3.05) is 0 Å². The Kier molecular flexibility index (Phi) is 5.52. The van der Waals surface area contributed by atoms with Crippen molar-refractivity contribution in [1.29, 1.82) is 0 Å².